The Morgan fingerprint density at radius 2 is 1.79 bits per heavy atom. The Morgan fingerprint density at radius 3 is 2.50 bits per heavy atom. The molecule has 0 saturated heterocycles. The van der Waals surface area contributed by atoms with E-state index in [0.29, 0.717) is 17.6 Å². The molecule has 1 heterocycles. The Balaban J connectivity index is 1.32. The molecule has 0 radical (unpaired) electrons. The molecule has 0 bridgehead atoms. The SMILES string of the molecule is C[C@H](NC(=O)CSc1nnc([C@H]2C[C@@H]2c2ccccc2)n1C)c1ccccc1. The molecule has 3 atom stereocenters. The number of rotatable bonds is 7. The van der Waals surface area contributed by atoms with Crippen molar-refractivity contribution in [3.63, 3.8) is 0 Å². The van der Waals surface area contributed by atoms with Crippen molar-refractivity contribution in [2.45, 2.75) is 36.4 Å². The van der Waals surface area contributed by atoms with Gasteiger partial charge in [0.25, 0.3) is 0 Å². The molecule has 0 unspecified atom stereocenters. The molecule has 0 aliphatic heterocycles. The van der Waals surface area contributed by atoms with E-state index in [2.05, 4.69) is 39.8 Å². The first kappa shape index (κ1) is 18.7. The number of thioether (sulfide) groups is 1. The van der Waals surface area contributed by atoms with Gasteiger partial charge in [0.1, 0.15) is 5.82 Å². The lowest BCUT2D eigenvalue weighted by atomic mass is 10.1. The van der Waals surface area contributed by atoms with E-state index in [1.807, 2.05) is 54.9 Å². The molecular weight excluding hydrogens is 368 g/mol. The molecule has 6 heteroatoms. The van der Waals surface area contributed by atoms with Crippen LogP contribution in [0.15, 0.2) is 65.8 Å². The average Bonchev–Trinajstić information content (AvgIpc) is 3.44. The van der Waals surface area contributed by atoms with Crippen molar-refractivity contribution in [2.24, 2.45) is 7.05 Å². The van der Waals surface area contributed by atoms with Crippen molar-refractivity contribution in [1.82, 2.24) is 20.1 Å². The lowest BCUT2D eigenvalue weighted by Crippen LogP contribution is -2.28. The second-order valence-corrected chi connectivity index (χ2v) is 8.19. The van der Waals surface area contributed by atoms with Crippen LogP contribution in [0, 0.1) is 0 Å². The van der Waals surface area contributed by atoms with Crippen molar-refractivity contribution < 1.29 is 4.79 Å². The number of aromatic nitrogens is 3. The van der Waals surface area contributed by atoms with E-state index in [1.54, 1.807) is 0 Å². The summed E-state index contributed by atoms with van der Waals surface area (Å²) in [4.78, 5) is 12.3. The van der Waals surface area contributed by atoms with Crippen LogP contribution in [-0.4, -0.2) is 26.4 Å². The van der Waals surface area contributed by atoms with Crippen LogP contribution in [0.5, 0.6) is 0 Å². The second-order valence-electron chi connectivity index (χ2n) is 7.25. The van der Waals surface area contributed by atoms with Gasteiger partial charge in [-0.05, 0) is 30.4 Å². The Kier molecular flexibility index (Phi) is 5.48. The van der Waals surface area contributed by atoms with E-state index in [9.17, 15) is 4.79 Å². The number of nitrogens with one attached hydrogen (secondary N) is 1. The van der Waals surface area contributed by atoms with E-state index in [0.717, 1.165) is 23.0 Å². The summed E-state index contributed by atoms with van der Waals surface area (Å²) in [7, 11) is 1.99. The fourth-order valence-electron chi connectivity index (χ4n) is 3.56. The summed E-state index contributed by atoms with van der Waals surface area (Å²) in [5.74, 6) is 2.28. The molecule has 2 aromatic carbocycles. The molecule has 28 heavy (non-hydrogen) atoms. The Bertz CT molecular complexity index is 942. The maximum Gasteiger partial charge on any atom is 0.230 e. The van der Waals surface area contributed by atoms with Gasteiger partial charge in [0.15, 0.2) is 5.16 Å². The monoisotopic (exact) mass is 392 g/mol. The molecule has 5 nitrogen and oxygen atoms in total. The minimum absolute atomic E-state index is 0.000475. The maximum absolute atomic E-state index is 12.3. The predicted molar refractivity (Wildman–Crippen MR) is 111 cm³/mol. The van der Waals surface area contributed by atoms with Crippen molar-refractivity contribution in [2.75, 3.05) is 5.75 Å². The molecular formula is C22H24N4OS. The first-order chi connectivity index (χ1) is 13.6. The van der Waals surface area contributed by atoms with Crippen molar-refractivity contribution >= 4 is 17.7 Å². The first-order valence-corrected chi connectivity index (χ1v) is 10.5. The lowest BCUT2D eigenvalue weighted by molar-refractivity contribution is -0.119. The van der Waals surface area contributed by atoms with Gasteiger partial charge in [-0.2, -0.15) is 0 Å². The third-order valence-corrected chi connectivity index (χ3v) is 6.25. The van der Waals surface area contributed by atoms with Gasteiger partial charge in [0, 0.05) is 13.0 Å². The Labute approximate surface area is 169 Å². The van der Waals surface area contributed by atoms with Crippen LogP contribution in [0.2, 0.25) is 0 Å². The summed E-state index contributed by atoms with van der Waals surface area (Å²) in [6.45, 7) is 2.00. The smallest absolute Gasteiger partial charge is 0.230 e. The molecule has 3 aromatic rings. The topological polar surface area (TPSA) is 59.8 Å². The van der Waals surface area contributed by atoms with Gasteiger partial charge >= 0.3 is 0 Å². The summed E-state index contributed by atoms with van der Waals surface area (Å²) in [6, 6.07) is 20.5. The fourth-order valence-corrected chi connectivity index (χ4v) is 4.29. The number of amides is 1. The quantitative estimate of drug-likeness (QED) is 0.616. The number of nitrogens with zero attached hydrogens (tertiary/aromatic N) is 3. The predicted octanol–water partition coefficient (Wildman–Crippen LogP) is 4.06. The minimum atomic E-state index is -0.0116. The summed E-state index contributed by atoms with van der Waals surface area (Å²) in [5, 5.41) is 12.5. The zero-order valence-electron chi connectivity index (χ0n) is 16.1. The van der Waals surface area contributed by atoms with Gasteiger partial charge in [-0.25, -0.2) is 0 Å². The highest BCUT2D eigenvalue weighted by Gasteiger charge is 2.42. The van der Waals surface area contributed by atoms with Crippen LogP contribution < -0.4 is 5.32 Å². The van der Waals surface area contributed by atoms with Gasteiger partial charge in [-0.3, -0.25) is 4.79 Å². The average molecular weight is 393 g/mol. The zero-order chi connectivity index (χ0) is 19.5. The molecule has 1 fully saturated rings. The number of hydrogen-bond acceptors (Lipinski definition) is 4. The van der Waals surface area contributed by atoms with Crippen LogP contribution in [0.25, 0.3) is 0 Å². The van der Waals surface area contributed by atoms with E-state index in [1.165, 1.54) is 17.3 Å². The van der Waals surface area contributed by atoms with Gasteiger partial charge in [-0.1, -0.05) is 72.4 Å². The van der Waals surface area contributed by atoms with E-state index < -0.39 is 0 Å². The number of carbonyl (C=O) groups is 1. The molecule has 1 N–H and O–H groups in total. The summed E-state index contributed by atoms with van der Waals surface area (Å²) in [5.41, 5.74) is 2.46. The molecule has 1 aliphatic carbocycles. The van der Waals surface area contributed by atoms with Crippen LogP contribution in [0.3, 0.4) is 0 Å². The Morgan fingerprint density at radius 1 is 1.11 bits per heavy atom. The molecule has 1 aromatic heterocycles. The fraction of sp³-hybridized carbons (Fsp3) is 0.318. The molecule has 1 aliphatic rings. The largest absolute Gasteiger partial charge is 0.349 e. The number of carbonyl (C=O) groups excluding carboxylic acids is 1. The highest BCUT2D eigenvalue weighted by Crippen LogP contribution is 2.54. The van der Waals surface area contributed by atoms with E-state index in [-0.39, 0.29) is 11.9 Å². The van der Waals surface area contributed by atoms with Crippen LogP contribution in [0.4, 0.5) is 0 Å². The standard InChI is InChI=1S/C22H24N4OS/c1-15(16-9-5-3-6-10-16)23-20(27)14-28-22-25-24-21(26(22)2)19-13-18(19)17-11-7-4-8-12-17/h3-12,15,18-19H,13-14H2,1-2H3,(H,23,27)/t15-,18+,19-/m0/s1. The van der Waals surface area contributed by atoms with Crippen LogP contribution >= 0.6 is 11.8 Å². The van der Waals surface area contributed by atoms with E-state index in [4.69, 9.17) is 0 Å². The first-order valence-electron chi connectivity index (χ1n) is 9.55. The van der Waals surface area contributed by atoms with E-state index >= 15 is 0 Å². The summed E-state index contributed by atoms with van der Waals surface area (Å²) >= 11 is 1.43. The highest BCUT2D eigenvalue weighted by molar-refractivity contribution is 7.99. The lowest BCUT2D eigenvalue weighted by Gasteiger charge is -2.14. The Hall–Kier alpha value is -2.60. The summed E-state index contributed by atoms with van der Waals surface area (Å²) < 4.78 is 2.03. The number of hydrogen-bond donors (Lipinski definition) is 1. The van der Waals surface area contributed by atoms with Gasteiger partial charge in [0.2, 0.25) is 5.91 Å². The summed E-state index contributed by atoms with van der Waals surface area (Å²) in [6.07, 6.45) is 1.11. The third-order valence-electron chi connectivity index (χ3n) is 5.23. The van der Waals surface area contributed by atoms with Crippen molar-refractivity contribution in [1.29, 1.82) is 0 Å². The molecule has 1 saturated carbocycles. The van der Waals surface area contributed by atoms with Crippen LogP contribution in [-0.2, 0) is 11.8 Å². The van der Waals surface area contributed by atoms with Crippen molar-refractivity contribution in [3.05, 3.63) is 77.6 Å². The highest BCUT2D eigenvalue weighted by atomic mass is 32.2. The van der Waals surface area contributed by atoms with Gasteiger partial charge in [-0.15, -0.1) is 10.2 Å². The normalized spacial score (nSPS) is 19.2. The number of benzene rings is 2. The molecule has 4 rings (SSSR count). The molecule has 1 amide bonds. The van der Waals surface area contributed by atoms with Crippen LogP contribution in [0.1, 0.15) is 48.2 Å². The molecule has 0 spiro atoms. The van der Waals surface area contributed by atoms with Gasteiger partial charge in [0.05, 0.1) is 11.8 Å². The zero-order valence-corrected chi connectivity index (χ0v) is 16.9. The van der Waals surface area contributed by atoms with Crippen molar-refractivity contribution in [3.8, 4) is 0 Å². The van der Waals surface area contributed by atoms with Gasteiger partial charge < -0.3 is 9.88 Å². The third kappa shape index (κ3) is 4.12. The maximum atomic E-state index is 12.3. The molecule has 144 valence electrons. The second kappa shape index (κ2) is 8.19. The minimum Gasteiger partial charge on any atom is -0.349 e.